The third-order valence-corrected chi connectivity index (χ3v) is 4.46. The lowest BCUT2D eigenvalue weighted by Crippen LogP contribution is -3.61. The summed E-state index contributed by atoms with van der Waals surface area (Å²) in [5.41, 5.74) is 0. The van der Waals surface area contributed by atoms with Crippen molar-refractivity contribution in [1.82, 2.24) is 0 Å². The predicted octanol–water partition coefficient (Wildman–Crippen LogP) is 1.09. The van der Waals surface area contributed by atoms with Gasteiger partial charge in [-0.05, 0) is 36.4 Å². The van der Waals surface area contributed by atoms with Crippen LogP contribution in [0.3, 0.4) is 0 Å². The average molecular weight is 381 g/mol. The molecule has 0 aliphatic heterocycles. The minimum absolute atomic E-state index is 0.0952. The third-order valence-electron chi connectivity index (χ3n) is 1.78. The molecule has 2 rings (SSSR count). The molecule has 0 bridgehead atoms. The summed E-state index contributed by atoms with van der Waals surface area (Å²) in [5, 5.41) is 9.13. The van der Waals surface area contributed by atoms with Crippen LogP contribution in [0.15, 0.2) is 54.6 Å². The van der Waals surface area contributed by atoms with Crippen molar-refractivity contribution in [2.75, 3.05) is 0 Å². The molecule has 102 valence electrons. The summed E-state index contributed by atoms with van der Waals surface area (Å²) in [6.07, 6.45) is -4.00. The van der Waals surface area contributed by atoms with E-state index in [9.17, 15) is 13.2 Å². The molecule has 0 spiro atoms. The highest BCUT2D eigenvalue weighted by Gasteiger charge is 2.15. The van der Waals surface area contributed by atoms with Crippen molar-refractivity contribution in [2.24, 2.45) is 0 Å². The van der Waals surface area contributed by atoms with Crippen molar-refractivity contribution in [1.29, 1.82) is 0 Å². The first-order valence-corrected chi connectivity index (χ1v) is 7.56. The Morgan fingerprint density at radius 1 is 0.842 bits per heavy atom. The summed E-state index contributed by atoms with van der Waals surface area (Å²) >= 11 is -0.0952. The van der Waals surface area contributed by atoms with E-state index in [0.29, 0.717) is 5.75 Å². The molecule has 0 aliphatic carbocycles. The van der Waals surface area contributed by atoms with E-state index in [2.05, 4.69) is 24.3 Å². The number of hydrogen-bond donors (Lipinski definition) is 1. The van der Waals surface area contributed by atoms with Gasteiger partial charge in [-0.15, -0.1) is 0 Å². The van der Waals surface area contributed by atoms with E-state index >= 15 is 0 Å². The van der Waals surface area contributed by atoms with Gasteiger partial charge in [0.25, 0.3) is 0 Å². The van der Waals surface area contributed by atoms with Crippen molar-refractivity contribution in [3.63, 3.8) is 0 Å². The van der Waals surface area contributed by atoms with Crippen molar-refractivity contribution in [2.45, 2.75) is 13.1 Å². The Morgan fingerprint density at radius 2 is 1.26 bits per heavy atom. The van der Waals surface area contributed by atoms with Crippen molar-refractivity contribution in [3.8, 4) is 5.75 Å². The van der Waals surface area contributed by atoms with E-state index < -0.39 is 6.18 Å². The van der Waals surface area contributed by atoms with Crippen LogP contribution in [0.1, 0.15) is 6.92 Å². The largest absolute Gasteiger partial charge is 0.508 e. The second kappa shape index (κ2) is 7.37. The number of benzene rings is 2. The summed E-state index contributed by atoms with van der Waals surface area (Å²) in [7, 11) is 0. The molecule has 0 aromatic heterocycles. The summed E-state index contributed by atoms with van der Waals surface area (Å²) in [6.45, 7) is 0.188. The molecule has 0 heterocycles. The molecule has 0 fully saturated rings. The lowest BCUT2D eigenvalue weighted by molar-refractivity contribution is -0.597. The topological polar surface area (TPSA) is 20.2 Å². The SMILES string of the molecule is CC(F)(F)F.Oc1ccc([I+]c2ccccc2)cc1. The molecule has 0 unspecified atom stereocenters. The lowest BCUT2D eigenvalue weighted by Gasteiger charge is -1.88. The molecule has 0 saturated carbocycles. The van der Waals surface area contributed by atoms with E-state index in [0.717, 1.165) is 0 Å². The average Bonchev–Trinajstić information content (AvgIpc) is 2.31. The van der Waals surface area contributed by atoms with Crippen LogP contribution in [0, 0.1) is 7.14 Å². The molecule has 0 amide bonds. The van der Waals surface area contributed by atoms with Gasteiger partial charge in [0.1, 0.15) is 5.75 Å². The van der Waals surface area contributed by atoms with Crippen LogP contribution in [0.4, 0.5) is 13.2 Å². The first kappa shape index (κ1) is 15.8. The van der Waals surface area contributed by atoms with Crippen molar-refractivity contribution in [3.05, 3.63) is 61.7 Å². The van der Waals surface area contributed by atoms with Gasteiger partial charge in [0, 0.05) is 6.92 Å². The van der Waals surface area contributed by atoms with Gasteiger partial charge in [0.05, 0.1) is 0 Å². The van der Waals surface area contributed by atoms with Gasteiger partial charge in [0.15, 0.2) is 7.14 Å². The van der Waals surface area contributed by atoms with Gasteiger partial charge in [-0.3, -0.25) is 0 Å². The minimum Gasteiger partial charge on any atom is -0.508 e. The fourth-order valence-corrected chi connectivity index (χ4v) is 3.32. The Kier molecular flexibility index (Phi) is 6.14. The molecule has 1 nitrogen and oxygen atoms in total. The molecule has 2 aromatic carbocycles. The Balaban J connectivity index is 0.000000312. The zero-order valence-corrected chi connectivity index (χ0v) is 12.3. The number of hydrogen-bond acceptors (Lipinski definition) is 1. The minimum atomic E-state index is -4.00. The smallest absolute Gasteiger partial charge is 0.386 e. The number of halogens is 4. The number of aromatic hydroxyl groups is 1. The number of rotatable bonds is 2. The maximum absolute atomic E-state index is 10.4. The summed E-state index contributed by atoms with van der Waals surface area (Å²) < 4.78 is 33.8. The van der Waals surface area contributed by atoms with E-state index in [4.69, 9.17) is 5.11 Å². The second-order valence-corrected chi connectivity index (χ2v) is 6.68. The van der Waals surface area contributed by atoms with Crippen LogP contribution < -0.4 is 21.2 Å². The van der Waals surface area contributed by atoms with E-state index in [1.807, 2.05) is 18.2 Å². The first-order valence-electron chi connectivity index (χ1n) is 5.40. The van der Waals surface area contributed by atoms with Crippen LogP contribution in [0.25, 0.3) is 0 Å². The Morgan fingerprint density at radius 3 is 1.74 bits per heavy atom. The molecule has 19 heavy (non-hydrogen) atoms. The summed E-state index contributed by atoms with van der Waals surface area (Å²) in [4.78, 5) is 0. The van der Waals surface area contributed by atoms with Gasteiger partial charge in [-0.1, -0.05) is 18.2 Å². The number of alkyl halides is 3. The first-order chi connectivity index (χ1) is 8.84. The van der Waals surface area contributed by atoms with Gasteiger partial charge >= 0.3 is 27.4 Å². The summed E-state index contributed by atoms with van der Waals surface area (Å²) in [6, 6.07) is 18.0. The van der Waals surface area contributed by atoms with E-state index in [1.165, 1.54) is 7.14 Å². The zero-order valence-electron chi connectivity index (χ0n) is 10.2. The molecule has 1 N–H and O–H groups in total. The highest BCUT2D eigenvalue weighted by atomic mass is 127. The van der Waals surface area contributed by atoms with Gasteiger partial charge in [0.2, 0.25) is 0 Å². The Bertz CT molecular complexity index is 474. The van der Waals surface area contributed by atoms with Crippen LogP contribution in [-0.4, -0.2) is 11.3 Å². The van der Waals surface area contributed by atoms with E-state index in [-0.39, 0.29) is 28.1 Å². The Hall–Kier alpha value is -1.24. The second-order valence-electron chi connectivity index (χ2n) is 3.65. The molecule has 0 saturated heterocycles. The third kappa shape index (κ3) is 8.47. The maximum atomic E-state index is 10.4. The Labute approximate surface area is 120 Å². The monoisotopic (exact) mass is 381 g/mol. The van der Waals surface area contributed by atoms with Crippen LogP contribution in [0.2, 0.25) is 0 Å². The van der Waals surface area contributed by atoms with Crippen LogP contribution in [-0.2, 0) is 0 Å². The molecule has 0 aliphatic rings. The predicted molar refractivity (Wildman–Crippen MR) is 63.7 cm³/mol. The fraction of sp³-hybridized carbons (Fsp3) is 0.143. The van der Waals surface area contributed by atoms with E-state index in [1.54, 1.807) is 12.1 Å². The number of phenols is 1. The van der Waals surface area contributed by atoms with Crippen molar-refractivity contribution >= 4 is 0 Å². The van der Waals surface area contributed by atoms with Gasteiger partial charge < -0.3 is 5.11 Å². The molecule has 5 heteroatoms. The zero-order chi connectivity index (χ0) is 14.3. The van der Waals surface area contributed by atoms with Crippen molar-refractivity contribution < 1.29 is 39.5 Å². The van der Waals surface area contributed by atoms with Crippen LogP contribution >= 0.6 is 0 Å². The molecular formula is C14H13F3IO+. The highest BCUT2D eigenvalue weighted by molar-refractivity contribution is 5.18. The maximum Gasteiger partial charge on any atom is 0.386 e. The standard InChI is InChI=1S/C12H9IO.C2H3F3/c14-12-8-6-11(7-9-12)13-10-4-2-1-3-5-10;1-2(3,4)5/h1-9H;1H3/p+1. The van der Waals surface area contributed by atoms with Gasteiger partial charge in [-0.25, -0.2) is 0 Å². The molecular weight excluding hydrogens is 368 g/mol. The molecule has 0 atom stereocenters. The quantitative estimate of drug-likeness (QED) is 0.773. The number of phenolic OH excluding ortho intramolecular Hbond substituents is 1. The van der Waals surface area contributed by atoms with Gasteiger partial charge in [-0.2, -0.15) is 13.2 Å². The fourth-order valence-electron chi connectivity index (χ4n) is 1.11. The van der Waals surface area contributed by atoms with Crippen LogP contribution in [0.5, 0.6) is 5.75 Å². The normalized spacial score (nSPS) is 10.5. The summed E-state index contributed by atoms with van der Waals surface area (Å²) in [5.74, 6) is 0.339. The highest BCUT2D eigenvalue weighted by Crippen LogP contribution is 2.10. The molecule has 0 radical (unpaired) electrons. The molecule has 2 aromatic rings. The lowest BCUT2D eigenvalue weighted by atomic mass is 10.3.